The van der Waals surface area contributed by atoms with Crippen molar-refractivity contribution in [2.75, 3.05) is 42.7 Å². The highest BCUT2D eigenvalue weighted by molar-refractivity contribution is 7.98. The summed E-state index contributed by atoms with van der Waals surface area (Å²) in [4.78, 5) is 14.9. The number of rotatable bonds is 4. The molecule has 6 nitrogen and oxygen atoms in total. The maximum absolute atomic E-state index is 5.71. The Bertz CT molecular complexity index is 370. The molecule has 1 aliphatic rings. The third-order valence-electron chi connectivity index (χ3n) is 2.42. The molecule has 0 radical (unpaired) electrons. The maximum Gasteiger partial charge on any atom is 0.230 e. The molecule has 1 saturated heterocycles. The molecule has 1 aliphatic heterocycles. The number of hydrogen-bond acceptors (Lipinski definition) is 7. The summed E-state index contributed by atoms with van der Waals surface area (Å²) in [6.45, 7) is 5.15. The van der Waals surface area contributed by atoms with Gasteiger partial charge < -0.3 is 15.4 Å². The number of nitrogens with zero attached hydrogens (tertiary/aromatic N) is 4. The van der Waals surface area contributed by atoms with Crippen LogP contribution in [0.3, 0.4) is 0 Å². The van der Waals surface area contributed by atoms with E-state index in [1.165, 1.54) is 0 Å². The molecule has 2 rings (SSSR count). The number of nitrogens with two attached hydrogens (primary N) is 1. The highest BCUT2D eigenvalue weighted by Gasteiger charge is 2.15. The molecule has 7 heteroatoms. The number of morpholine rings is 1. The van der Waals surface area contributed by atoms with E-state index in [9.17, 15) is 0 Å². The molecule has 0 atom stereocenters. The van der Waals surface area contributed by atoms with Gasteiger partial charge in [0.25, 0.3) is 0 Å². The lowest BCUT2D eigenvalue weighted by atomic mass is 10.4. The molecule has 0 aliphatic carbocycles. The van der Waals surface area contributed by atoms with Gasteiger partial charge in [-0.2, -0.15) is 26.7 Å². The van der Waals surface area contributed by atoms with Crippen LogP contribution in [0.4, 0.5) is 11.9 Å². The Labute approximate surface area is 105 Å². The Morgan fingerprint density at radius 1 is 1.29 bits per heavy atom. The number of thioether (sulfide) groups is 1. The lowest BCUT2D eigenvalue weighted by Crippen LogP contribution is -2.37. The van der Waals surface area contributed by atoms with Gasteiger partial charge in [0.15, 0.2) is 0 Å². The summed E-state index contributed by atoms with van der Waals surface area (Å²) in [7, 11) is 0. The summed E-state index contributed by atoms with van der Waals surface area (Å²) in [5.41, 5.74) is 5.71. The van der Waals surface area contributed by atoms with E-state index >= 15 is 0 Å². The molecule has 0 amide bonds. The molecular weight excluding hydrogens is 238 g/mol. The monoisotopic (exact) mass is 255 g/mol. The fourth-order valence-corrected chi connectivity index (χ4v) is 2.10. The first-order chi connectivity index (χ1) is 8.29. The summed E-state index contributed by atoms with van der Waals surface area (Å²) >= 11 is 1.77. The second-order valence-electron chi connectivity index (χ2n) is 3.65. The first-order valence-electron chi connectivity index (χ1n) is 5.70. The molecule has 1 aromatic rings. The smallest absolute Gasteiger partial charge is 0.230 e. The van der Waals surface area contributed by atoms with Crippen molar-refractivity contribution in [1.29, 1.82) is 0 Å². The summed E-state index contributed by atoms with van der Waals surface area (Å²) in [6.07, 6.45) is 0. The Morgan fingerprint density at radius 3 is 2.76 bits per heavy atom. The van der Waals surface area contributed by atoms with Gasteiger partial charge in [0, 0.05) is 13.1 Å². The van der Waals surface area contributed by atoms with Crippen LogP contribution >= 0.6 is 11.8 Å². The molecule has 0 saturated carbocycles. The zero-order valence-corrected chi connectivity index (χ0v) is 10.7. The summed E-state index contributed by atoms with van der Waals surface area (Å²) < 4.78 is 5.30. The predicted octanol–water partition coefficient (Wildman–Crippen LogP) is 0.543. The lowest BCUT2D eigenvalue weighted by molar-refractivity contribution is 0.122. The van der Waals surface area contributed by atoms with E-state index in [4.69, 9.17) is 10.5 Å². The number of nitrogen functional groups attached to an aromatic ring is 1. The molecule has 94 valence electrons. The van der Waals surface area contributed by atoms with Crippen molar-refractivity contribution >= 4 is 23.7 Å². The van der Waals surface area contributed by atoms with Gasteiger partial charge in [0.2, 0.25) is 11.9 Å². The van der Waals surface area contributed by atoms with Crippen LogP contribution in [0.5, 0.6) is 0 Å². The van der Waals surface area contributed by atoms with Crippen LogP contribution in [0.2, 0.25) is 0 Å². The Hall–Kier alpha value is -1.08. The first kappa shape index (κ1) is 12.4. The molecule has 1 aromatic heterocycles. The summed E-state index contributed by atoms with van der Waals surface area (Å²) in [5, 5.41) is 0. The number of anilines is 2. The lowest BCUT2D eigenvalue weighted by Gasteiger charge is -2.26. The molecule has 0 aromatic carbocycles. The second-order valence-corrected chi connectivity index (χ2v) is 4.92. The van der Waals surface area contributed by atoms with Crippen molar-refractivity contribution in [1.82, 2.24) is 15.0 Å². The normalized spacial score (nSPS) is 16.2. The van der Waals surface area contributed by atoms with Gasteiger partial charge in [-0.25, -0.2) is 0 Å². The maximum atomic E-state index is 5.71. The van der Waals surface area contributed by atoms with Crippen LogP contribution in [0.1, 0.15) is 12.7 Å². The third-order valence-corrected chi connectivity index (χ3v) is 3.29. The van der Waals surface area contributed by atoms with E-state index in [-0.39, 0.29) is 0 Å². The van der Waals surface area contributed by atoms with E-state index in [2.05, 4.69) is 26.8 Å². The van der Waals surface area contributed by atoms with Gasteiger partial charge in [-0.15, -0.1) is 0 Å². The standard InChI is InChI=1S/C10H17N5OS/c1-2-17-7-8-12-9(11)14-10(13-8)15-3-5-16-6-4-15/h2-7H2,1H3,(H2,11,12,13,14). The van der Waals surface area contributed by atoms with Crippen LogP contribution in [-0.4, -0.2) is 47.0 Å². The van der Waals surface area contributed by atoms with E-state index in [1.807, 2.05) is 0 Å². The zero-order chi connectivity index (χ0) is 12.1. The summed E-state index contributed by atoms with van der Waals surface area (Å²) in [6, 6.07) is 0. The third kappa shape index (κ3) is 3.44. The molecule has 0 bridgehead atoms. The number of aromatic nitrogens is 3. The Kier molecular flexibility index (Phi) is 4.38. The van der Waals surface area contributed by atoms with Gasteiger partial charge >= 0.3 is 0 Å². The highest BCUT2D eigenvalue weighted by Crippen LogP contribution is 2.14. The van der Waals surface area contributed by atoms with Crippen LogP contribution in [0.25, 0.3) is 0 Å². The van der Waals surface area contributed by atoms with Crippen molar-refractivity contribution in [2.24, 2.45) is 0 Å². The fourth-order valence-electron chi connectivity index (χ4n) is 1.59. The van der Waals surface area contributed by atoms with Crippen molar-refractivity contribution in [3.8, 4) is 0 Å². The van der Waals surface area contributed by atoms with E-state index in [0.717, 1.165) is 30.4 Å². The van der Waals surface area contributed by atoms with Gasteiger partial charge in [0.05, 0.1) is 19.0 Å². The Morgan fingerprint density at radius 2 is 2.06 bits per heavy atom. The summed E-state index contributed by atoms with van der Waals surface area (Å²) in [5.74, 6) is 3.55. The van der Waals surface area contributed by atoms with Gasteiger partial charge in [-0.05, 0) is 5.75 Å². The van der Waals surface area contributed by atoms with Crippen LogP contribution in [0.15, 0.2) is 0 Å². The first-order valence-corrected chi connectivity index (χ1v) is 6.86. The van der Waals surface area contributed by atoms with E-state index < -0.39 is 0 Å². The average molecular weight is 255 g/mol. The minimum atomic E-state index is 0.299. The van der Waals surface area contributed by atoms with Gasteiger partial charge in [0.1, 0.15) is 5.82 Å². The highest BCUT2D eigenvalue weighted by atomic mass is 32.2. The van der Waals surface area contributed by atoms with Gasteiger partial charge in [-0.1, -0.05) is 6.92 Å². The molecule has 17 heavy (non-hydrogen) atoms. The van der Waals surface area contributed by atoms with Crippen molar-refractivity contribution in [3.05, 3.63) is 5.82 Å². The van der Waals surface area contributed by atoms with Crippen molar-refractivity contribution < 1.29 is 4.74 Å². The fraction of sp³-hybridized carbons (Fsp3) is 0.700. The van der Waals surface area contributed by atoms with E-state index in [0.29, 0.717) is 25.1 Å². The molecule has 0 spiro atoms. The second kappa shape index (κ2) is 6.02. The van der Waals surface area contributed by atoms with E-state index in [1.54, 1.807) is 11.8 Å². The Balaban J connectivity index is 2.12. The van der Waals surface area contributed by atoms with Crippen LogP contribution in [-0.2, 0) is 10.5 Å². The SMILES string of the molecule is CCSCc1nc(N)nc(N2CCOCC2)n1. The molecule has 2 heterocycles. The molecule has 1 fully saturated rings. The largest absolute Gasteiger partial charge is 0.378 e. The molecule has 0 unspecified atom stereocenters. The van der Waals surface area contributed by atoms with Gasteiger partial charge in [-0.3, -0.25) is 0 Å². The topological polar surface area (TPSA) is 77.2 Å². The van der Waals surface area contributed by atoms with Crippen molar-refractivity contribution in [2.45, 2.75) is 12.7 Å². The molecule has 2 N–H and O–H groups in total. The average Bonchev–Trinajstić information content (AvgIpc) is 2.37. The zero-order valence-electron chi connectivity index (χ0n) is 9.93. The minimum absolute atomic E-state index is 0.299. The quantitative estimate of drug-likeness (QED) is 0.841. The van der Waals surface area contributed by atoms with Crippen LogP contribution < -0.4 is 10.6 Å². The van der Waals surface area contributed by atoms with Crippen LogP contribution in [0, 0.1) is 0 Å². The number of ether oxygens (including phenoxy) is 1. The van der Waals surface area contributed by atoms with Crippen molar-refractivity contribution in [3.63, 3.8) is 0 Å². The minimum Gasteiger partial charge on any atom is -0.378 e. The number of hydrogen-bond donors (Lipinski definition) is 1. The predicted molar refractivity (Wildman–Crippen MR) is 69.1 cm³/mol. The molecular formula is C10H17N5OS.